The molecular weight excluding hydrogens is 386 g/mol. The summed E-state index contributed by atoms with van der Waals surface area (Å²) in [5, 5.41) is 6.29. The lowest BCUT2D eigenvalue weighted by Gasteiger charge is -2.18. The first-order valence-electron chi connectivity index (χ1n) is 9.84. The van der Waals surface area contributed by atoms with E-state index in [0.29, 0.717) is 17.4 Å². The molecule has 6 nitrogen and oxygen atoms in total. The van der Waals surface area contributed by atoms with Crippen LogP contribution in [-0.2, 0) is 16.4 Å². The number of nitrogens with zero attached hydrogens (tertiary/aromatic N) is 1. The number of sulfone groups is 1. The van der Waals surface area contributed by atoms with Crippen LogP contribution in [0.5, 0.6) is 5.75 Å². The van der Waals surface area contributed by atoms with Crippen LogP contribution in [0, 0.1) is 6.92 Å². The summed E-state index contributed by atoms with van der Waals surface area (Å²) in [6.07, 6.45) is 1.07. The standard InChI is InChI=1S/C22H31N3O3S/c1-5-18(3)28-21-15-17(2)11-12-19(21)16-25-22(23-4)24-13-14-29(26,27)20-9-7-6-8-10-20/h6-12,15,18H,5,13-14,16H2,1-4H3,(H2,23,24,25). The fraction of sp³-hybridized carbons (Fsp3) is 0.409. The van der Waals surface area contributed by atoms with Gasteiger partial charge >= 0.3 is 0 Å². The summed E-state index contributed by atoms with van der Waals surface area (Å²) in [4.78, 5) is 4.51. The van der Waals surface area contributed by atoms with E-state index in [1.807, 2.05) is 32.0 Å². The Kier molecular flexibility index (Phi) is 8.51. The van der Waals surface area contributed by atoms with Gasteiger partial charge in [-0.2, -0.15) is 0 Å². The number of rotatable bonds is 9. The molecule has 0 aliphatic carbocycles. The highest BCUT2D eigenvalue weighted by atomic mass is 32.2. The van der Waals surface area contributed by atoms with Gasteiger partial charge in [0, 0.05) is 25.7 Å². The second-order valence-corrected chi connectivity index (χ2v) is 9.04. The summed E-state index contributed by atoms with van der Waals surface area (Å²) in [5.74, 6) is 1.39. The van der Waals surface area contributed by atoms with Gasteiger partial charge in [0.15, 0.2) is 15.8 Å². The Hall–Kier alpha value is -2.54. The highest BCUT2D eigenvalue weighted by Crippen LogP contribution is 2.22. The first-order chi connectivity index (χ1) is 13.9. The number of aliphatic imine (C=N–C) groups is 1. The minimum Gasteiger partial charge on any atom is -0.490 e. The molecule has 0 fully saturated rings. The average molecular weight is 418 g/mol. The molecule has 0 bridgehead atoms. The summed E-state index contributed by atoms with van der Waals surface area (Å²) in [5.41, 5.74) is 2.16. The van der Waals surface area contributed by atoms with E-state index in [0.717, 1.165) is 23.3 Å². The van der Waals surface area contributed by atoms with Crippen LogP contribution in [0.4, 0.5) is 0 Å². The van der Waals surface area contributed by atoms with Crippen molar-refractivity contribution in [3.63, 3.8) is 0 Å². The molecule has 2 aromatic rings. The number of guanidine groups is 1. The van der Waals surface area contributed by atoms with E-state index in [1.165, 1.54) is 0 Å². The largest absolute Gasteiger partial charge is 0.490 e. The third-order valence-electron chi connectivity index (χ3n) is 4.56. The van der Waals surface area contributed by atoms with E-state index < -0.39 is 9.84 Å². The van der Waals surface area contributed by atoms with E-state index in [2.05, 4.69) is 22.5 Å². The normalized spacial score (nSPS) is 13.0. The molecule has 0 aliphatic heterocycles. The molecule has 0 aromatic heterocycles. The minimum atomic E-state index is -3.32. The Balaban J connectivity index is 1.93. The minimum absolute atomic E-state index is 0.00930. The van der Waals surface area contributed by atoms with Crippen molar-refractivity contribution in [2.75, 3.05) is 19.3 Å². The SMILES string of the molecule is CCC(C)Oc1cc(C)ccc1CNC(=NC)NCCS(=O)(=O)c1ccccc1. The van der Waals surface area contributed by atoms with Crippen molar-refractivity contribution in [1.29, 1.82) is 0 Å². The van der Waals surface area contributed by atoms with Crippen LogP contribution in [0.15, 0.2) is 58.4 Å². The van der Waals surface area contributed by atoms with Gasteiger partial charge in [-0.1, -0.05) is 37.3 Å². The maximum Gasteiger partial charge on any atom is 0.191 e. The number of aryl methyl sites for hydroxylation is 1. The van der Waals surface area contributed by atoms with Crippen molar-refractivity contribution in [1.82, 2.24) is 10.6 Å². The molecular formula is C22H31N3O3S. The molecule has 29 heavy (non-hydrogen) atoms. The molecule has 0 heterocycles. The quantitative estimate of drug-likeness (QED) is 0.483. The predicted octanol–water partition coefficient (Wildman–Crippen LogP) is 3.31. The van der Waals surface area contributed by atoms with Crippen molar-refractivity contribution >= 4 is 15.8 Å². The van der Waals surface area contributed by atoms with Gasteiger partial charge in [0.25, 0.3) is 0 Å². The summed E-state index contributed by atoms with van der Waals surface area (Å²) < 4.78 is 30.8. The maximum atomic E-state index is 12.4. The molecule has 2 rings (SSSR count). The highest BCUT2D eigenvalue weighted by Gasteiger charge is 2.14. The molecule has 0 saturated carbocycles. The number of hydrogen-bond acceptors (Lipinski definition) is 4. The van der Waals surface area contributed by atoms with Crippen LogP contribution in [0.25, 0.3) is 0 Å². The lowest BCUT2D eigenvalue weighted by molar-refractivity contribution is 0.215. The van der Waals surface area contributed by atoms with Gasteiger partial charge in [-0.25, -0.2) is 8.42 Å². The van der Waals surface area contributed by atoms with Crippen LogP contribution in [0.2, 0.25) is 0 Å². The Labute approximate surface area is 174 Å². The lowest BCUT2D eigenvalue weighted by atomic mass is 10.1. The molecule has 0 spiro atoms. The Morgan fingerprint density at radius 2 is 1.86 bits per heavy atom. The molecule has 1 atom stereocenters. The molecule has 0 aliphatic rings. The van der Waals surface area contributed by atoms with Crippen LogP contribution in [0.1, 0.15) is 31.4 Å². The molecule has 158 valence electrons. The zero-order valence-corrected chi connectivity index (χ0v) is 18.4. The number of benzene rings is 2. The summed E-state index contributed by atoms with van der Waals surface area (Å²) >= 11 is 0. The molecule has 2 aromatic carbocycles. The van der Waals surface area contributed by atoms with E-state index in [-0.39, 0.29) is 18.4 Å². The van der Waals surface area contributed by atoms with E-state index >= 15 is 0 Å². The summed E-state index contributed by atoms with van der Waals surface area (Å²) in [6, 6.07) is 14.6. The highest BCUT2D eigenvalue weighted by molar-refractivity contribution is 7.91. The lowest BCUT2D eigenvalue weighted by Crippen LogP contribution is -2.39. The average Bonchev–Trinajstić information content (AvgIpc) is 2.72. The third-order valence-corrected chi connectivity index (χ3v) is 6.29. The predicted molar refractivity (Wildman–Crippen MR) is 118 cm³/mol. The van der Waals surface area contributed by atoms with Crippen molar-refractivity contribution in [3.05, 3.63) is 59.7 Å². The van der Waals surface area contributed by atoms with Gasteiger partial charge < -0.3 is 15.4 Å². The third kappa shape index (κ3) is 7.09. The van der Waals surface area contributed by atoms with Crippen molar-refractivity contribution in [3.8, 4) is 5.75 Å². The Morgan fingerprint density at radius 3 is 2.52 bits per heavy atom. The first kappa shape index (κ1) is 22.7. The van der Waals surface area contributed by atoms with Crippen molar-refractivity contribution < 1.29 is 13.2 Å². The van der Waals surface area contributed by atoms with Crippen molar-refractivity contribution in [2.24, 2.45) is 4.99 Å². The van der Waals surface area contributed by atoms with Crippen LogP contribution in [-0.4, -0.2) is 39.8 Å². The fourth-order valence-corrected chi connectivity index (χ4v) is 3.84. The van der Waals surface area contributed by atoms with Gasteiger partial charge in [-0.3, -0.25) is 4.99 Å². The van der Waals surface area contributed by atoms with Crippen molar-refractivity contribution in [2.45, 2.75) is 44.7 Å². The number of nitrogens with one attached hydrogen (secondary N) is 2. The summed E-state index contributed by atoms with van der Waals surface area (Å²) in [7, 11) is -1.67. The van der Waals surface area contributed by atoms with Crippen LogP contribution in [0.3, 0.4) is 0 Å². The topological polar surface area (TPSA) is 79.8 Å². The Bertz CT molecular complexity index is 912. The van der Waals surface area contributed by atoms with E-state index in [4.69, 9.17) is 4.74 Å². The van der Waals surface area contributed by atoms with E-state index in [1.54, 1.807) is 37.4 Å². The van der Waals surface area contributed by atoms with E-state index in [9.17, 15) is 8.42 Å². The second kappa shape index (κ2) is 10.9. The van der Waals surface area contributed by atoms with Gasteiger partial charge in [0.05, 0.1) is 16.8 Å². The molecule has 0 radical (unpaired) electrons. The monoisotopic (exact) mass is 417 g/mol. The summed E-state index contributed by atoms with van der Waals surface area (Å²) in [6.45, 7) is 6.97. The molecule has 0 amide bonds. The zero-order valence-electron chi connectivity index (χ0n) is 17.6. The maximum absolute atomic E-state index is 12.4. The first-order valence-corrected chi connectivity index (χ1v) is 11.5. The van der Waals surface area contributed by atoms with Crippen LogP contribution >= 0.6 is 0 Å². The van der Waals surface area contributed by atoms with Gasteiger partial charge in [0.1, 0.15) is 5.75 Å². The molecule has 7 heteroatoms. The second-order valence-electron chi connectivity index (χ2n) is 6.93. The smallest absolute Gasteiger partial charge is 0.191 e. The van der Waals surface area contributed by atoms with Gasteiger partial charge in [0.2, 0.25) is 0 Å². The Morgan fingerprint density at radius 1 is 1.14 bits per heavy atom. The molecule has 0 saturated heterocycles. The number of ether oxygens (including phenoxy) is 1. The van der Waals surface area contributed by atoms with Gasteiger partial charge in [-0.15, -0.1) is 0 Å². The molecule has 2 N–H and O–H groups in total. The fourth-order valence-electron chi connectivity index (χ4n) is 2.67. The zero-order chi connectivity index (χ0) is 21.3. The number of hydrogen-bond donors (Lipinski definition) is 2. The van der Waals surface area contributed by atoms with Crippen LogP contribution < -0.4 is 15.4 Å². The van der Waals surface area contributed by atoms with Gasteiger partial charge in [-0.05, 0) is 44.0 Å². The molecule has 1 unspecified atom stereocenters.